The summed E-state index contributed by atoms with van der Waals surface area (Å²) in [7, 11) is 0. The van der Waals surface area contributed by atoms with E-state index in [-0.39, 0.29) is 5.78 Å². The van der Waals surface area contributed by atoms with E-state index in [0.29, 0.717) is 21.2 Å². The normalized spacial score (nSPS) is 10.2. The number of nitrogens with zero attached hydrogens (tertiary/aromatic N) is 1. The molecule has 0 fully saturated rings. The van der Waals surface area contributed by atoms with Gasteiger partial charge in [-0.2, -0.15) is 0 Å². The van der Waals surface area contributed by atoms with Crippen LogP contribution < -0.4 is 0 Å². The molecule has 0 atom stereocenters. The summed E-state index contributed by atoms with van der Waals surface area (Å²) in [6.45, 7) is 1.50. The Morgan fingerprint density at radius 2 is 1.84 bits per heavy atom. The number of nitroso groups, excluding NO2 is 1. The quantitative estimate of drug-likeness (QED) is 0.582. The second-order valence-corrected chi connectivity index (χ2v) is 5.44. The Morgan fingerprint density at radius 1 is 1.16 bits per heavy atom. The first kappa shape index (κ1) is 13.8. The second-order valence-electron chi connectivity index (χ2n) is 3.88. The number of carbonyl (C=O) groups excluding carboxylic acids is 1. The van der Waals surface area contributed by atoms with Crippen LogP contribution in [0.25, 0.3) is 0 Å². The van der Waals surface area contributed by atoms with Crippen LogP contribution in [0.4, 0.5) is 5.69 Å². The van der Waals surface area contributed by atoms with Gasteiger partial charge in [-0.3, -0.25) is 4.79 Å². The maximum absolute atomic E-state index is 11.6. The molecular formula is C14H10ClNO2S. The smallest absolute Gasteiger partial charge is 0.160 e. The summed E-state index contributed by atoms with van der Waals surface area (Å²) in [4.78, 5) is 23.8. The van der Waals surface area contributed by atoms with Crippen molar-refractivity contribution in [3.63, 3.8) is 0 Å². The molecule has 0 bridgehead atoms. The summed E-state index contributed by atoms with van der Waals surface area (Å²) >= 11 is 7.23. The molecule has 0 aromatic heterocycles. The van der Waals surface area contributed by atoms with Crippen molar-refractivity contribution in [1.82, 2.24) is 0 Å². The molecule has 0 saturated carbocycles. The zero-order valence-corrected chi connectivity index (χ0v) is 11.7. The Labute approximate surface area is 120 Å². The lowest BCUT2D eigenvalue weighted by atomic mass is 10.1. The van der Waals surface area contributed by atoms with Crippen molar-refractivity contribution in [3.05, 3.63) is 58.0 Å². The van der Waals surface area contributed by atoms with Gasteiger partial charge in [0.2, 0.25) is 0 Å². The Morgan fingerprint density at radius 3 is 2.42 bits per heavy atom. The first-order valence-electron chi connectivity index (χ1n) is 5.52. The van der Waals surface area contributed by atoms with Gasteiger partial charge in [-0.1, -0.05) is 23.4 Å². The minimum absolute atomic E-state index is 0.0473. The first-order chi connectivity index (χ1) is 9.10. The summed E-state index contributed by atoms with van der Waals surface area (Å²) in [6, 6.07) is 12.0. The molecule has 0 aliphatic heterocycles. The highest BCUT2D eigenvalue weighted by Gasteiger charge is 2.10. The highest BCUT2D eigenvalue weighted by Crippen LogP contribution is 2.34. The maximum atomic E-state index is 11.6. The van der Waals surface area contributed by atoms with Gasteiger partial charge in [-0.15, -0.1) is 4.91 Å². The average molecular weight is 292 g/mol. The van der Waals surface area contributed by atoms with Crippen LogP contribution in [0.5, 0.6) is 0 Å². The van der Waals surface area contributed by atoms with Crippen LogP contribution >= 0.6 is 23.4 Å². The van der Waals surface area contributed by atoms with Gasteiger partial charge in [0.15, 0.2) is 5.78 Å². The van der Waals surface area contributed by atoms with Gasteiger partial charge in [0, 0.05) is 20.4 Å². The minimum Gasteiger partial charge on any atom is -0.294 e. The van der Waals surface area contributed by atoms with E-state index in [0.717, 1.165) is 4.90 Å². The van der Waals surface area contributed by atoms with Gasteiger partial charge in [0.25, 0.3) is 0 Å². The highest BCUT2D eigenvalue weighted by molar-refractivity contribution is 7.99. The fraction of sp³-hybridized carbons (Fsp3) is 0.0714. The molecular weight excluding hydrogens is 282 g/mol. The average Bonchev–Trinajstić information content (AvgIpc) is 2.41. The van der Waals surface area contributed by atoms with Gasteiger partial charge >= 0.3 is 0 Å². The van der Waals surface area contributed by atoms with Gasteiger partial charge in [0.1, 0.15) is 5.69 Å². The maximum Gasteiger partial charge on any atom is 0.160 e. The molecule has 0 aliphatic rings. The van der Waals surface area contributed by atoms with Crippen molar-refractivity contribution in [3.8, 4) is 0 Å². The Kier molecular flexibility index (Phi) is 4.35. The standard InChI is InChI=1S/C14H10ClNO2S/c1-9(17)13-7-4-11(16-18)8-14(13)19-12-5-2-10(15)3-6-12/h2-8H,1H3. The Hall–Kier alpha value is -1.65. The number of carbonyl (C=O) groups is 1. The zero-order valence-electron chi connectivity index (χ0n) is 10.1. The minimum atomic E-state index is -0.0473. The monoisotopic (exact) mass is 291 g/mol. The number of ketones is 1. The third kappa shape index (κ3) is 3.43. The van der Waals surface area contributed by atoms with Crippen LogP contribution in [-0.4, -0.2) is 5.78 Å². The van der Waals surface area contributed by atoms with Crippen LogP contribution in [0, 0.1) is 4.91 Å². The van der Waals surface area contributed by atoms with Crippen LogP contribution in [0.15, 0.2) is 57.4 Å². The van der Waals surface area contributed by atoms with Gasteiger partial charge in [-0.25, -0.2) is 0 Å². The van der Waals surface area contributed by atoms with Gasteiger partial charge < -0.3 is 0 Å². The molecule has 0 amide bonds. The molecule has 0 N–H and O–H groups in total. The third-order valence-corrected chi connectivity index (χ3v) is 3.81. The van der Waals surface area contributed by atoms with Crippen LogP contribution in [-0.2, 0) is 0 Å². The van der Waals surface area contributed by atoms with E-state index in [4.69, 9.17) is 11.6 Å². The van der Waals surface area contributed by atoms with Crippen molar-refractivity contribution >= 4 is 34.8 Å². The molecule has 2 aromatic carbocycles. The van der Waals surface area contributed by atoms with Crippen molar-refractivity contribution in [1.29, 1.82) is 0 Å². The van der Waals surface area contributed by atoms with E-state index >= 15 is 0 Å². The Balaban J connectivity index is 2.39. The summed E-state index contributed by atoms with van der Waals surface area (Å²) in [5.41, 5.74) is 0.883. The molecule has 96 valence electrons. The molecule has 2 rings (SSSR count). The summed E-state index contributed by atoms with van der Waals surface area (Å²) in [6.07, 6.45) is 0. The number of hydrogen-bond acceptors (Lipinski definition) is 4. The van der Waals surface area contributed by atoms with Gasteiger partial charge in [0.05, 0.1) is 0 Å². The second kappa shape index (κ2) is 5.99. The van der Waals surface area contributed by atoms with Crippen molar-refractivity contribution < 1.29 is 4.79 Å². The molecule has 0 radical (unpaired) electrons. The fourth-order valence-electron chi connectivity index (χ4n) is 1.57. The van der Waals surface area contributed by atoms with E-state index < -0.39 is 0 Å². The SMILES string of the molecule is CC(=O)c1ccc(N=O)cc1Sc1ccc(Cl)cc1. The molecule has 0 unspecified atom stereocenters. The van der Waals surface area contributed by atoms with Crippen molar-refractivity contribution in [2.45, 2.75) is 16.7 Å². The molecule has 0 saturated heterocycles. The molecule has 5 heteroatoms. The number of benzene rings is 2. The molecule has 3 nitrogen and oxygen atoms in total. The number of hydrogen-bond donors (Lipinski definition) is 0. The van der Waals surface area contributed by atoms with Crippen LogP contribution in [0.3, 0.4) is 0 Å². The van der Waals surface area contributed by atoms with Crippen molar-refractivity contribution in [2.75, 3.05) is 0 Å². The van der Waals surface area contributed by atoms with E-state index in [2.05, 4.69) is 5.18 Å². The topological polar surface area (TPSA) is 46.5 Å². The first-order valence-corrected chi connectivity index (χ1v) is 6.71. The number of rotatable bonds is 4. The van der Waals surface area contributed by atoms with E-state index in [1.807, 2.05) is 12.1 Å². The molecule has 19 heavy (non-hydrogen) atoms. The fourth-order valence-corrected chi connectivity index (χ4v) is 2.73. The Bertz CT molecular complexity index is 626. The van der Waals surface area contributed by atoms with E-state index in [1.54, 1.807) is 24.3 Å². The molecule has 2 aromatic rings. The lowest BCUT2D eigenvalue weighted by molar-refractivity contribution is 0.101. The predicted octanol–water partition coefficient (Wildman–Crippen LogP) is 5.09. The molecule has 0 heterocycles. The number of Topliss-reactive ketones (excluding diaryl/α,β-unsaturated/α-hetero) is 1. The van der Waals surface area contributed by atoms with E-state index in [1.165, 1.54) is 24.8 Å². The predicted molar refractivity (Wildman–Crippen MR) is 77.5 cm³/mol. The van der Waals surface area contributed by atoms with Gasteiger partial charge in [-0.05, 0) is 54.6 Å². The summed E-state index contributed by atoms with van der Waals surface area (Å²) in [5, 5.41) is 3.54. The third-order valence-electron chi connectivity index (χ3n) is 2.49. The van der Waals surface area contributed by atoms with Crippen LogP contribution in [0.2, 0.25) is 5.02 Å². The van der Waals surface area contributed by atoms with E-state index in [9.17, 15) is 9.70 Å². The molecule has 0 spiro atoms. The lowest BCUT2D eigenvalue weighted by Gasteiger charge is -2.07. The summed E-state index contributed by atoms with van der Waals surface area (Å²) in [5.74, 6) is -0.0473. The number of halogens is 1. The highest BCUT2D eigenvalue weighted by atomic mass is 35.5. The zero-order chi connectivity index (χ0) is 13.8. The lowest BCUT2D eigenvalue weighted by Crippen LogP contribution is -1.94. The summed E-state index contributed by atoms with van der Waals surface area (Å²) < 4.78 is 0. The largest absolute Gasteiger partial charge is 0.294 e. The van der Waals surface area contributed by atoms with Crippen LogP contribution in [0.1, 0.15) is 17.3 Å². The molecule has 0 aliphatic carbocycles. The van der Waals surface area contributed by atoms with Crippen molar-refractivity contribution in [2.24, 2.45) is 5.18 Å².